The van der Waals surface area contributed by atoms with E-state index in [-0.39, 0.29) is 0 Å². The van der Waals surface area contributed by atoms with E-state index >= 15 is 0 Å². The van der Waals surface area contributed by atoms with Crippen LogP contribution in [-0.2, 0) is 12.8 Å². The van der Waals surface area contributed by atoms with Crippen molar-refractivity contribution in [3.8, 4) is 0 Å². The van der Waals surface area contributed by atoms with E-state index in [2.05, 4.69) is 12.1 Å². The molecule has 0 atom stereocenters. The minimum atomic E-state index is -0.876. The maximum atomic E-state index is 13.5. The molecule has 1 nitrogen and oxygen atoms in total. The lowest BCUT2D eigenvalue weighted by molar-refractivity contribution is 0.308. The molecule has 82 valence electrons. The Hall–Kier alpha value is -0.890. The summed E-state index contributed by atoms with van der Waals surface area (Å²) in [7, 11) is 0. The number of halogens is 1. The average Bonchev–Trinajstić information content (AvgIpc) is 2.95. The zero-order valence-corrected chi connectivity index (χ0v) is 9.01. The fourth-order valence-electron chi connectivity index (χ4n) is 1.81. The maximum absolute atomic E-state index is 13.5. The van der Waals surface area contributed by atoms with Crippen molar-refractivity contribution in [2.24, 2.45) is 5.73 Å². The summed E-state index contributed by atoms with van der Waals surface area (Å²) >= 11 is 0. The lowest BCUT2D eigenvalue weighted by Gasteiger charge is -2.06. The van der Waals surface area contributed by atoms with Gasteiger partial charge in [-0.05, 0) is 43.4 Å². The van der Waals surface area contributed by atoms with E-state index in [1.54, 1.807) is 0 Å². The standard InChI is InChI=1S/C13H18FN/c14-13(7-8-13)10-12-5-3-11(4-6-12)2-1-9-15/h3-6H,1-2,7-10,15H2. The summed E-state index contributed by atoms with van der Waals surface area (Å²) < 4.78 is 13.5. The van der Waals surface area contributed by atoms with E-state index < -0.39 is 5.67 Å². The van der Waals surface area contributed by atoms with Gasteiger partial charge in [-0.15, -0.1) is 0 Å². The quantitative estimate of drug-likeness (QED) is 0.789. The number of hydrogen-bond donors (Lipinski definition) is 1. The van der Waals surface area contributed by atoms with Crippen molar-refractivity contribution in [3.63, 3.8) is 0 Å². The van der Waals surface area contributed by atoms with Crippen LogP contribution in [0.25, 0.3) is 0 Å². The molecule has 0 spiro atoms. The normalized spacial score (nSPS) is 17.7. The molecule has 1 aromatic rings. The Morgan fingerprint density at radius 2 is 1.73 bits per heavy atom. The number of nitrogens with two attached hydrogens (primary N) is 1. The van der Waals surface area contributed by atoms with E-state index in [0.29, 0.717) is 6.42 Å². The number of aryl methyl sites for hydroxylation is 1. The SMILES string of the molecule is NCCCc1ccc(CC2(F)CC2)cc1. The van der Waals surface area contributed by atoms with Gasteiger partial charge in [-0.25, -0.2) is 4.39 Å². The second-order valence-corrected chi connectivity index (χ2v) is 4.54. The predicted octanol–water partition coefficient (Wildman–Crippen LogP) is 2.62. The van der Waals surface area contributed by atoms with Crippen LogP contribution in [-0.4, -0.2) is 12.2 Å². The van der Waals surface area contributed by atoms with Crippen LogP contribution in [0.15, 0.2) is 24.3 Å². The van der Waals surface area contributed by atoms with Crippen LogP contribution in [0.1, 0.15) is 30.4 Å². The Bertz CT molecular complexity index is 314. The molecule has 0 saturated heterocycles. The van der Waals surface area contributed by atoms with Gasteiger partial charge in [0, 0.05) is 6.42 Å². The third-order valence-electron chi connectivity index (χ3n) is 3.01. The first-order valence-corrected chi connectivity index (χ1v) is 5.69. The van der Waals surface area contributed by atoms with E-state index in [0.717, 1.165) is 37.8 Å². The van der Waals surface area contributed by atoms with Gasteiger partial charge in [-0.2, -0.15) is 0 Å². The molecular formula is C13H18FN. The van der Waals surface area contributed by atoms with Gasteiger partial charge < -0.3 is 5.73 Å². The number of benzene rings is 1. The summed E-state index contributed by atoms with van der Waals surface area (Å²) in [5.74, 6) is 0. The molecule has 15 heavy (non-hydrogen) atoms. The summed E-state index contributed by atoms with van der Waals surface area (Å²) in [4.78, 5) is 0. The highest BCUT2D eigenvalue weighted by Gasteiger charge is 2.42. The Balaban J connectivity index is 1.91. The Labute approximate surface area is 90.5 Å². The molecule has 1 saturated carbocycles. The smallest absolute Gasteiger partial charge is 0.115 e. The second-order valence-electron chi connectivity index (χ2n) is 4.54. The molecule has 1 aliphatic rings. The van der Waals surface area contributed by atoms with Crippen LogP contribution >= 0.6 is 0 Å². The zero-order chi connectivity index (χ0) is 10.7. The summed E-state index contributed by atoms with van der Waals surface area (Å²) in [5, 5.41) is 0. The molecule has 1 aliphatic carbocycles. The van der Waals surface area contributed by atoms with E-state index in [4.69, 9.17) is 5.73 Å². The van der Waals surface area contributed by atoms with Gasteiger partial charge in [0.1, 0.15) is 5.67 Å². The monoisotopic (exact) mass is 207 g/mol. The fraction of sp³-hybridized carbons (Fsp3) is 0.538. The molecule has 0 amide bonds. The molecule has 2 N–H and O–H groups in total. The van der Waals surface area contributed by atoms with E-state index in [1.807, 2.05) is 12.1 Å². The molecule has 0 radical (unpaired) electrons. The Morgan fingerprint density at radius 1 is 1.13 bits per heavy atom. The Morgan fingerprint density at radius 3 is 2.27 bits per heavy atom. The van der Waals surface area contributed by atoms with Crippen molar-refractivity contribution in [3.05, 3.63) is 35.4 Å². The van der Waals surface area contributed by atoms with E-state index in [9.17, 15) is 4.39 Å². The van der Waals surface area contributed by atoms with E-state index in [1.165, 1.54) is 5.56 Å². The summed E-state index contributed by atoms with van der Waals surface area (Å²) in [6.07, 6.45) is 4.11. The minimum absolute atomic E-state index is 0.587. The number of hydrogen-bond acceptors (Lipinski definition) is 1. The Kier molecular flexibility index (Phi) is 3.06. The van der Waals surface area contributed by atoms with Crippen molar-refractivity contribution < 1.29 is 4.39 Å². The topological polar surface area (TPSA) is 26.0 Å². The number of rotatable bonds is 5. The third-order valence-corrected chi connectivity index (χ3v) is 3.01. The molecule has 0 unspecified atom stereocenters. The van der Waals surface area contributed by atoms with Crippen LogP contribution in [0, 0.1) is 0 Å². The van der Waals surface area contributed by atoms with Crippen molar-refractivity contribution in [1.29, 1.82) is 0 Å². The lowest BCUT2D eigenvalue weighted by Crippen LogP contribution is -2.04. The van der Waals surface area contributed by atoms with Gasteiger partial charge in [0.25, 0.3) is 0 Å². The van der Waals surface area contributed by atoms with Crippen molar-refractivity contribution in [2.45, 2.75) is 37.8 Å². The highest BCUT2D eigenvalue weighted by Crippen LogP contribution is 2.42. The van der Waals surface area contributed by atoms with Crippen molar-refractivity contribution in [1.82, 2.24) is 0 Å². The highest BCUT2D eigenvalue weighted by atomic mass is 19.1. The van der Waals surface area contributed by atoms with Gasteiger partial charge in [-0.1, -0.05) is 24.3 Å². The zero-order valence-electron chi connectivity index (χ0n) is 9.01. The average molecular weight is 207 g/mol. The predicted molar refractivity (Wildman–Crippen MR) is 60.6 cm³/mol. The third kappa shape index (κ3) is 3.03. The molecule has 0 bridgehead atoms. The largest absolute Gasteiger partial charge is 0.330 e. The molecule has 1 fully saturated rings. The van der Waals surface area contributed by atoms with Gasteiger partial charge in [0.05, 0.1) is 0 Å². The number of alkyl halides is 1. The van der Waals surface area contributed by atoms with Crippen molar-refractivity contribution in [2.75, 3.05) is 6.54 Å². The summed E-state index contributed by atoms with van der Waals surface area (Å²) in [5.41, 5.74) is 6.99. The molecular weight excluding hydrogens is 189 g/mol. The molecule has 2 rings (SSSR count). The maximum Gasteiger partial charge on any atom is 0.115 e. The van der Waals surface area contributed by atoms with Crippen LogP contribution in [0.2, 0.25) is 0 Å². The second kappa shape index (κ2) is 4.31. The summed E-state index contributed by atoms with van der Waals surface area (Å²) in [6, 6.07) is 8.28. The first-order valence-electron chi connectivity index (χ1n) is 5.69. The highest BCUT2D eigenvalue weighted by molar-refractivity contribution is 5.25. The molecule has 0 aromatic heterocycles. The molecule has 2 heteroatoms. The van der Waals surface area contributed by atoms with Gasteiger partial charge in [0.2, 0.25) is 0 Å². The van der Waals surface area contributed by atoms with Gasteiger partial charge >= 0.3 is 0 Å². The summed E-state index contributed by atoms with van der Waals surface area (Å²) in [6.45, 7) is 0.731. The van der Waals surface area contributed by atoms with Crippen LogP contribution < -0.4 is 5.73 Å². The lowest BCUT2D eigenvalue weighted by atomic mass is 10.0. The van der Waals surface area contributed by atoms with Gasteiger partial charge in [-0.3, -0.25) is 0 Å². The van der Waals surface area contributed by atoms with Crippen LogP contribution in [0.4, 0.5) is 4.39 Å². The van der Waals surface area contributed by atoms with Crippen molar-refractivity contribution >= 4 is 0 Å². The minimum Gasteiger partial charge on any atom is -0.330 e. The first kappa shape index (κ1) is 10.6. The first-order chi connectivity index (χ1) is 7.22. The molecule has 0 aliphatic heterocycles. The van der Waals surface area contributed by atoms with Crippen LogP contribution in [0.3, 0.4) is 0 Å². The molecule has 1 aromatic carbocycles. The molecule has 0 heterocycles. The fourth-order valence-corrected chi connectivity index (χ4v) is 1.81. The van der Waals surface area contributed by atoms with Crippen LogP contribution in [0.5, 0.6) is 0 Å². The van der Waals surface area contributed by atoms with Gasteiger partial charge in [0.15, 0.2) is 0 Å².